The van der Waals surface area contributed by atoms with Gasteiger partial charge in [-0.15, -0.1) is 0 Å². The fourth-order valence-corrected chi connectivity index (χ4v) is 0.955. The molecule has 70 valence electrons. The molecule has 0 unspecified atom stereocenters. The highest BCUT2D eigenvalue weighted by molar-refractivity contribution is 7.81. The predicted molar refractivity (Wildman–Crippen MR) is 53.3 cm³/mol. The van der Waals surface area contributed by atoms with E-state index in [0.717, 1.165) is 0 Å². The van der Waals surface area contributed by atoms with Crippen LogP contribution in [0.4, 0.5) is 0 Å². The van der Waals surface area contributed by atoms with Gasteiger partial charge in [0.1, 0.15) is 0 Å². The van der Waals surface area contributed by atoms with E-state index in [0.29, 0.717) is 13.0 Å². The van der Waals surface area contributed by atoms with E-state index in [2.05, 4.69) is 0 Å². The first-order valence-corrected chi connectivity index (χ1v) is 4.47. The minimum Gasteiger partial charge on any atom is -0.481 e. The summed E-state index contributed by atoms with van der Waals surface area (Å²) in [6.45, 7) is 8.28. The van der Waals surface area contributed by atoms with Gasteiger partial charge in [-0.1, -0.05) is 20.8 Å². The average Bonchev–Trinajstić information content (AvgIpc) is 1.84. The Bertz CT molecular complexity index is 179. The van der Waals surface area contributed by atoms with Crippen LogP contribution in [0.5, 0.6) is 0 Å². The molecule has 0 radical (unpaired) electrons. The van der Waals surface area contributed by atoms with Gasteiger partial charge < -0.3 is 4.74 Å². The van der Waals surface area contributed by atoms with Gasteiger partial charge in [-0.25, -0.2) is 0 Å². The Morgan fingerprint density at radius 3 is 2.25 bits per heavy atom. The maximum atomic E-state index is 11.3. The molecule has 0 rings (SSSR count). The molecule has 0 aliphatic heterocycles. The van der Waals surface area contributed by atoms with Crippen molar-refractivity contribution in [1.29, 1.82) is 0 Å². The fourth-order valence-electron chi connectivity index (χ4n) is 0.765. The number of Topliss-reactive ketones (excluding diaryl/α,β-unsaturated/α-hetero) is 1. The first-order valence-electron chi connectivity index (χ1n) is 4.07. The van der Waals surface area contributed by atoms with Crippen molar-refractivity contribution in [3.63, 3.8) is 0 Å². The topological polar surface area (TPSA) is 26.3 Å². The SMILES string of the molecule is CCOC(=S)C(=O)CC(C)(C)C. The monoisotopic (exact) mass is 188 g/mol. The van der Waals surface area contributed by atoms with Crippen molar-refractivity contribution in [3.05, 3.63) is 0 Å². The lowest BCUT2D eigenvalue weighted by atomic mass is 9.90. The Morgan fingerprint density at radius 2 is 1.92 bits per heavy atom. The molecule has 0 amide bonds. The average molecular weight is 188 g/mol. The third-order valence-electron chi connectivity index (χ3n) is 1.19. The molecule has 0 heterocycles. The van der Waals surface area contributed by atoms with E-state index < -0.39 is 0 Å². The Labute approximate surface area is 79.3 Å². The molecule has 0 saturated heterocycles. The van der Waals surface area contributed by atoms with Crippen LogP contribution >= 0.6 is 12.2 Å². The lowest BCUT2D eigenvalue weighted by molar-refractivity contribution is -0.115. The summed E-state index contributed by atoms with van der Waals surface area (Å²) in [5.74, 6) is -0.0700. The molecule has 0 aliphatic rings. The summed E-state index contributed by atoms with van der Waals surface area (Å²) in [6.07, 6.45) is 0.450. The number of ether oxygens (including phenoxy) is 1. The second kappa shape index (κ2) is 4.55. The van der Waals surface area contributed by atoms with E-state index in [4.69, 9.17) is 17.0 Å². The number of thiocarbonyl (C=S) groups is 1. The van der Waals surface area contributed by atoms with Crippen LogP contribution in [0.25, 0.3) is 0 Å². The van der Waals surface area contributed by atoms with Gasteiger partial charge in [-0.3, -0.25) is 4.79 Å². The van der Waals surface area contributed by atoms with E-state index in [1.165, 1.54) is 0 Å². The van der Waals surface area contributed by atoms with Crippen molar-refractivity contribution in [1.82, 2.24) is 0 Å². The number of hydrogen-bond donors (Lipinski definition) is 0. The summed E-state index contributed by atoms with van der Waals surface area (Å²) in [4.78, 5) is 11.3. The molecule has 12 heavy (non-hydrogen) atoms. The molecule has 0 bridgehead atoms. The smallest absolute Gasteiger partial charge is 0.228 e. The van der Waals surface area contributed by atoms with Crippen LogP contribution in [-0.2, 0) is 9.53 Å². The maximum absolute atomic E-state index is 11.3. The van der Waals surface area contributed by atoms with Crippen LogP contribution in [0.1, 0.15) is 34.1 Å². The first-order chi connectivity index (χ1) is 5.37. The molecule has 0 saturated carbocycles. The van der Waals surface area contributed by atoms with Gasteiger partial charge in [0.25, 0.3) is 0 Å². The zero-order valence-electron chi connectivity index (χ0n) is 8.14. The van der Waals surface area contributed by atoms with Crippen LogP contribution in [0.2, 0.25) is 0 Å². The number of carbonyl (C=O) groups is 1. The Balaban J connectivity index is 3.97. The third kappa shape index (κ3) is 5.24. The van der Waals surface area contributed by atoms with Gasteiger partial charge in [0.15, 0.2) is 0 Å². The number of hydrogen-bond acceptors (Lipinski definition) is 3. The molecule has 0 aromatic heterocycles. The molecular weight excluding hydrogens is 172 g/mol. The van der Waals surface area contributed by atoms with E-state index in [9.17, 15) is 4.79 Å². The minimum atomic E-state index is -0.0700. The summed E-state index contributed by atoms with van der Waals surface area (Å²) in [6, 6.07) is 0. The Morgan fingerprint density at radius 1 is 1.42 bits per heavy atom. The quantitative estimate of drug-likeness (QED) is 0.636. The number of ketones is 1. The molecule has 0 N–H and O–H groups in total. The highest BCUT2D eigenvalue weighted by atomic mass is 32.1. The van der Waals surface area contributed by atoms with Crippen molar-refractivity contribution in [2.24, 2.45) is 5.41 Å². The van der Waals surface area contributed by atoms with Crippen molar-refractivity contribution in [2.75, 3.05) is 6.61 Å². The molecule has 0 spiro atoms. The molecular formula is C9H16O2S. The highest BCUT2D eigenvalue weighted by Gasteiger charge is 2.19. The van der Waals surface area contributed by atoms with Crippen LogP contribution < -0.4 is 0 Å². The lowest BCUT2D eigenvalue weighted by Crippen LogP contribution is -2.21. The van der Waals surface area contributed by atoms with Gasteiger partial charge in [0.2, 0.25) is 10.8 Å². The number of rotatable bonds is 3. The third-order valence-corrected chi connectivity index (χ3v) is 1.54. The lowest BCUT2D eigenvalue weighted by Gasteiger charge is -2.16. The zero-order valence-corrected chi connectivity index (χ0v) is 8.96. The van der Waals surface area contributed by atoms with E-state index >= 15 is 0 Å². The first kappa shape index (κ1) is 11.6. The van der Waals surface area contributed by atoms with Crippen LogP contribution in [0.3, 0.4) is 0 Å². The summed E-state index contributed by atoms with van der Waals surface area (Å²) in [5, 5.41) is 0.118. The summed E-state index contributed by atoms with van der Waals surface area (Å²) < 4.78 is 4.93. The molecule has 0 aliphatic carbocycles. The van der Waals surface area contributed by atoms with Gasteiger partial charge in [0.05, 0.1) is 6.61 Å². The van der Waals surface area contributed by atoms with Crippen LogP contribution in [-0.4, -0.2) is 17.4 Å². The maximum Gasteiger partial charge on any atom is 0.228 e. The largest absolute Gasteiger partial charge is 0.481 e. The molecule has 0 aromatic rings. The van der Waals surface area contributed by atoms with Gasteiger partial charge in [-0.2, -0.15) is 0 Å². The second-order valence-electron chi connectivity index (χ2n) is 3.88. The predicted octanol–water partition coefficient (Wildman–Crippen LogP) is 2.36. The fraction of sp³-hybridized carbons (Fsp3) is 0.778. The van der Waals surface area contributed by atoms with Crippen molar-refractivity contribution < 1.29 is 9.53 Å². The summed E-state index contributed by atoms with van der Waals surface area (Å²) in [7, 11) is 0. The summed E-state index contributed by atoms with van der Waals surface area (Å²) >= 11 is 4.77. The Kier molecular flexibility index (Phi) is 4.39. The van der Waals surface area contributed by atoms with Gasteiger partial charge in [-0.05, 0) is 24.6 Å². The van der Waals surface area contributed by atoms with Crippen LogP contribution in [0, 0.1) is 5.41 Å². The van der Waals surface area contributed by atoms with Crippen molar-refractivity contribution in [2.45, 2.75) is 34.1 Å². The molecule has 0 atom stereocenters. The van der Waals surface area contributed by atoms with Gasteiger partial charge >= 0.3 is 0 Å². The number of carbonyl (C=O) groups excluding carboxylic acids is 1. The summed E-state index contributed by atoms with van der Waals surface area (Å²) in [5.41, 5.74) is -0.0156. The normalized spacial score (nSPS) is 11.0. The molecule has 0 aromatic carbocycles. The van der Waals surface area contributed by atoms with E-state index in [1.807, 2.05) is 27.7 Å². The van der Waals surface area contributed by atoms with Crippen LogP contribution in [0.15, 0.2) is 0 Å². The zero-order chi connectivity index (χ0) is 9.78. The van der Waals surface area contributed by atoms with E-state index in [-0.39, 0.29) is 16.2 Å². The molecule has 3 heteroatoms. The van der Waals surface area contributed by atoms with Crippen molar-refractivity contribution >= 4 is 23.1 Å². The van der Waals surface area contributed by atoms with E-state index in [1.54, 1.807) is 0 Å². The highest BCUT2D eigenvalue weighted by Crippen LogP contribution is 2.19. The van der Waals surface area contributed by atoms with Gasteiger partial charge in [0, 0.05) is 6.42 Å². The minimum absolute atomic E-state index is 0.0156. The Hall–Kier alpha value is -0.440. The second-order valence-corrected chi connectivity index (χ2v) is 4.25. The standard InChI is InChI=1S/C9H16O2S/c1-5-11-8(12)7(10)6-9(2,3)4/h5-6H2,1-4H3. The molecule has 2 nitrogen and oxygen atoms in total. The van der Waals surface area contributed by atoms with Crippen molar-refractivity contribution in [3.8, 4) is 0 Å². The molecule has 0 fully saturated rings.